The van der Waals surface area contributed by atoms with Crippen LogP contribution in [0.5, 0.6) is 17.2 Å². The lowest BCUT2D eigenvalue weighted by Crippen LogP contribution is -3.00. The number of methoxy groups -OCH3 is 1. The molecule has 2 bridgehead atoms. The van der Waals surface area contributed by atoms with Crippen LogP contribution in [0.25, 0.3) is 0 Å². The Labute approximate surface area is 315 Å². The lowest BCUT2D eigenvalue weighted by molar-refractivity contribution is -0.957. The fourth-order valence-corrected chi connectivity index (χ4v) is 8.98. The van der Waals surface area contributed by atoms with Gasteiger partial charge in [-0.25, -0.2) is 4.79 Å². The van der Waals surface area contributed by atoms with Gasteiger partial charge in [-0.05, 0) is 55.2 Å². The molecule has 6 atom stereocenters. The minimum Gasteiger partial charge on any atom is -1.00 e. The second kappa shape index (κ2) is 16.2. The molecule has 4 aliphatic rings. The maximum absolute atomic E-state index is 13.3. The number of nitrogens with zero attached hydrogens (tertiary/aromatic N) is 3. The molecule has 2 aromatic rings. The molecule has 3 amide bonds. The predicted octanol–water partition coefficient (Wildman–Crippen LogP) is -2.30. The number of piperidine rings is 1. The zero-order chi connectivity index (χ0) is 37.2. The third-order valence-electron chi connectivity index (χ3n) is 11.5. The van der Waals surface area contributed by atoms with Gasteiger partial charge in [-0.1, -0.05) is 6.07 Å². The molecule has 2 aliphatic carbocycles. The van der Waals surface area contributed by atoms with Gasteiger partial charge >= 0.3 is 6.09 Å². The Hall–Kier alpha value is -4.60. The van der Waals surface area contributed by atoms with Gasteiger partial charge in [0.15, 0.2) is 29.3 Å². The number of rotatable bonds is 14. The summed E-state index contributed by atoms with van der Waals surface area (Å²) in [7, 11) is 5.57. The highest BCUT2D eigenvalue weighted by Crippen LogP contribution is 2.64. The summed E-state index contributed by atoms with van der Waals surface area (Å²) in [4.78, 5) is 56.1. The molecule has 1 spiro atoms. The van der Waals surface area contributed by atoms with Crippen molar-refractivity contribution in [2.75, 3.05) is 53.9 Å². The molecule has 53 heavy (non-hydrogen) atoms. The van der Waals surface area contributed by atoms with E-state index in [2.05, 4.69) is 28.7 Å². The van der Waals surface area contributed by atoms with E-state index < -0.39 is 30.1 Å². The van der Waals surface area contributed by atoms with E-state index >= 15 is 0 Å². The number of ketones is 1. The summed E-state index contributed by atoms with van der Waals surface area (Å²) in [5, 5.41) is 5.35. The van der Waals surface area contributed by atoms with Gasteiger partial charge in [0.25, 0.3) is 0 Å². The number of benzene rings is 2. The Morgan fingerprint density at radius 1 is 1.17 bits per heavy atom. The maximum Gasteiger partial charge on any atom is 0.415 e. The van der Waals surface area contributed by atoms with Crippen molar-refractivity contribution >= 4 is 29.7 Å². The van der Waals surface area contributed by atoms with Crippen molar-refractivity contribution in [2.45, 2.75) is 68.7 Å². The molecule has 2 aliphatic heterocycles. The lowest BCUT2D eigenvalue weighted by atomic mass is 9.51. The van der Waals surface area contributed by atoms with E-state index in [0.29, 0.717) is 49.3 Å². The molecule has 0 radical (unpaired) electrons. The van der Waals surface area contributed by atoms with Crippen molar-refractivity contribution in [2.24, 2.45) is 28.1 Å². The fourth-order valence-electron chi connectivity index (χ4n) is 8.98. The number of likely N-dealkylation sites (N-methyl/N-ethyl adjacent to an activating group) is 2. The second-order valence-electron chi connectivity index (χ2n) is 14.7. The molecule has 0 aromatic heterocycles. The number of nitrogens with two attached hydrogens (primary N) is 3. The number of nitrogens with one attached hydrogen (secondary N) is 2. The Bertz CT molecular complexity index is 1740. The van der Waals surface area contributed by atoms with Gasteiger partial charge in [0, 0.05) is 63.0 Å². The average Bonchev–Trinajstić information content (AvgIpc) is 3.48. The van der Waals surface area contributed by atoms with E-state index in [0.717, 1.165) is 48.1 Å². The molecule has 15 nitrogen and oxygen atoms in total. The Morgan fingerprint density at radius 3 is 2.62 bits per heavy atom. The highest BCUT2D eigenvalue weighted by molar-refractivity contribution is 5.89. The second-order valence-corrected chi connectivity index (χ2v) is 14.7. The first-order valence-corrected chi connectivity index (χ1v) is 18.0. The van der Waals surface area contributed by atoms with E-state index in [-0.39, 0.29) is 49.2 Å². The standard InChI is InChI=1S/C37H50N8O7.ClH/c1-44(17-16-41-34(48)26(43-30(47)20-38)5-4-15-42-35(39)40)36(49)51-24-9-6-22(7-10-24)21-45(2)18-14-37-25-11-12-28(46)33(37)52-32-29(50-3)13-8-23(31(32)37)19-27(25)45;/h6-10,13,25-27,33H,4-5,11-12,14-21,38H2,1-3H3,(H5-,39,40,41,42,43,47,48);1H/t25-,26-,27?,33-,37-,45+;/m0./s1. The molecule has 8 N–H and O–H groups in total. The molecular formula is C37H51ClN8O7. The Kier molecular flexibility index (Phi) is 12.1. The smallest absolute Gasteiger partial charge is 0.415 e. The third-order valence-corrected chi connectivity index (χ3v) is 11.5. The van der Waals surface area contributed by atoms with E-state index in [4.69, 9.17) is 31.4 Å². The molecule has 2 aromatic carbocycles. The number of amides is 3. The highest BCUT2D eigenvalue weighted by Gasteiger charge is 2.69. The van der Waals surface area contributed by atoms with Crippen molar-refractivity contribution in [1.82, 2.24) is 15.5 Å². The van der Waals surface area contributed by atoms with E-state index in [1.165, 1.54) is 16.0 Å². The van der Waals surface area contributed by atoms with Crippen LogP contribution in [0.4, 0.5) is 4.79 Å². The normalized spacial score (nSPS) is 25.1. The van der Waals surface area contributed by atoms with E-state index in [9.17, 15) is 19.2 Å². The summed E-state index contributed by atoms with van der Waals surface area (Å²) >= 11 is 0. The van der Waals surface area contributed by atoms with Crippen LogP contribution in [0, 0.1) is 5.92 Å². The number of halogens is 1. The van der Waals surface area contributed by atoms with Crippen LogP contribution in [0.1, 0.15) is 48.8 Å². The molecule has 288 valence electrons. The number of hydrogen-bond acceptors (Lipinski definition) is 9. The van der Waals surface area contributed by atoms with Gasteiger partial charge in [0.05, 0.1) is 38.7 Å². The van der Waals surface area contributed by atoms with Crippen molar-refractivity contribution in [3.63, 3.8) is 0 Å². The summed E-state index contributed by atoms with van der Waals surface area (Å²) in [6.45, 7) is 2.12. The molecule has 1 saturated carbocycles. The Balaban J connectivity index is 0.00000541. The maximum atomic E-state index is 13.3. The quantitative estimate of drug-likeness (QED) is 0.0602. The van der Waals surface area contributed by atoms with Crippen molar-refractivity contribution in [3.8, 4) is 17.2 Å². The van der Waals surface area contributed by atoms with Crippen LogP contribution in [0.15, 0.2) is 41.4 Å². The Morgan fingerprint density at radius 2 is 1.92 bits per heavy atom. The highest BCUT2D eigenvalue weighted by atomic mass is 35.5. The van der Waals surface area contributed by atoms with Crippen LogP contribution in [0.2, 0.25) is 0 Å². The van der Waals surface area contributed by atoms with Crippen LogP contribution < -0.4 is 54.5 Å². The number of quaternary nitrogens is 1. The zero-order valence-corrected chi connectivity index (χ0v) is 31.3. The lowest BCUT2D eigenvalue weighted by Gasteiger charge is -2.60. The van der Waals surface area contributed by atoms with Gasteiger partial charge in [-0.15, -0.1) is 0 Å². The number of hydrogen-bond donors (Lipinski definition) is 5. The van der Waals surface area contributed by atoms with Crippen LogP contribution in [-0.4, -0.2) is 111 Å². The largest absolute Gasteiger partial charge is 1.00 e. The average molecular weight is 755 g/mol. The fraction of sp³-hybridized carbons (Fsp3) is 0.541. The number of likely N-dealkylation sites (tertiary alicyclic amines) is 1. The minimum absolute atomic E-state index is 0. The predicted molar refractivity (Wildman–Crippen MR) is 193 cm³/mol. The monoisotopic (exact) mass is 754 g/mol. The molecule has 16 heteroatoms. The molecule has 6 rings (SSSR count). The molecular weight excluding hydrogens is 704 g/mol. The van der Waals surface area contributed by atoms with Crippen LogP contribution in [0.3, 0.4) is 0 Å². The molecule has 1 unspecified atom stereocenters. The number of Topliss-reactive ketones (excluding diaryl/α,β-unsaturated/α-hetero) is 1. The third kappa shape index (κ3) is 7.73. The molecule has 2 heterocycles. The van der Waals surface area contributed by atoms with Gasteiger partial charge in [0.1, 0.15) is 18.3 Å². The van der Waals surface area contributed by atoms with Crippen molar-refractivity contribution in [1.29, 1.82) is 0 Å². The summed E-state index contributed by atoms with van der Waals surface area (Å²) in [6.07, 6.45) is 2.97. The van der Waals surface area contributed by atoms with Crippen LogP contribution in [-0.2, 0) is 32.8 Å². The van der Waals surface area contributed by atoms with Crippen LogP contribution >= 0.6 is 0 Å². The first-order valence-electron chi connectivity index (χ1n) is 18.0. The first kappa shape index (κ1) is 39.6. The summed E-state index contributed by atoms with van der Waals surface area (Å²) < 4.78 is 18.6. The van der Waals surface area contributed by atoms with Crippen molar-refractivity contribution in [3.05, 3.63) is 53.1 Å². The molecule has 2 fully saturated rings. The summed E-state index contributed by atoms with van der Waals surface area (Å²) in [5.41, 5.74) is 19.4. The minimum atomic E-state index is -0.817. The van der Waals surface area contributed by atoms with E-state index in [1.54, 1.807) is 14.2 Å². The zero-order valence-electron chi connectivity index (χ0n) is 30.6. The van der Waals surface area contributed by atoms with Gasteiger partial charge < -0.3 is 63.8 Å². The first-order chi connectivity index (χ1) is 24.9. The number of ether oxygens (including phenoxy) is 3. The number of aliphatic imine (C=N–C) groups is 1. The summed E-state index contributed by atoms with van der Waals surface area (Å²) in [5.74, 6) is 1.52. The molecule has 1 saturated heterocycles. The topological polar surface area (TPSA) is 214 Å². The SMILES string of the molecule is COc1ccc2c3c1O[C@H]1C(=O)CC[C@H]4C(C2)[N@@+](C)(Cc2ccc(OC(=O)N(C)CCNC(=O)[C@H](CCCN=C(N)N)NC(=O)CN)cc2)CC[C@]314.[Cl-]. The number of carbonyl (C=O) groups excluding carboxylic acids is 4. The van der Waals surface area contributed by atoms with Crippen molar-refractivity contribution < 1.29 is 50.3 Å². The van der Waals surface area contributed by atoms with Gasteiger partial charge in [-0.2, -0.15) is 0 Å². The summed E-state index contributed by atoms with van der Waals surface area (Å²) in [6, 6.07) is 11.3. The van der Waals surface area contributed by atoms with Gasteiger partial charge in [0.2, 0.25) is 11.8 Å². The van der Waals surface area contributed by atoms with E-state index in [1.807, 2.05) is 30.3 Å². The van der Waals surface area contributed by atoms with Gasteiger partial charge in [-0.3, -0.25) is 19.4 Å². The number of carbonyl (C=O) groups is 4. The number of guanidine groups is 1.